The van der Waals surface area contributed by atoms with Crippen LogP contribution < -0.4 is 0 Å². The lowest BCUT2D eigenvalue weighted by atomic mass is 10.1. The minimum Gasteiger partial charge on any atom is -0.294 e. The van der Waals surface area contributed by atoms with Gasteiger partial charge in [0, 0.05) is 12.0 Å². The molecule has 1 nitrogen and oxygen atoms in total. The summed E-state index contributed by atoms with van der Waals surface area (Å²) in [7, 11) is 0. The average Bonchev–Trinajstić information content (AvgIpc) is 2.61. The van der Waals surface area contributed by atoms with Crippen LogP contribution in [-0.4, -0.2) is 5.78 Å². The molecule has 0 amide bonds. The van der Waals surface area contributed by atoms with Gasteiger partial charge in [-0.1, -0.05) is 18.2 Å². The number of rotatable bonds is 3. The van der Waals surface area contributed by atoms with Crippen LogP contribution in [0.1, 0.15) is 15.9 Å². The van der Waals surface area contributed by atoms with E-state index in [1.54, 1.807) is 24.3 Å². The monoisotopic (exact) mass is 376 g/mol. The predicted octanol–water partition coefficient (Wildman–Crippen LogP) is 4.84. The molecule has 0 saturated heterocycles. The topological polar surface area (TPSA) is 17.1 Å². The molecule has 1 aromatic heterocycles. The molecule has 2 aromatic rings. The molecule has 2 rings (SSSR count). The molecule has 1 aromatic carbocycles. The minimum absolute atomic E-state index is 0.0778. The van der Waals surface area contributed by atoms with Gasteiger partial charge in [-0.2, -0.15) is 0 Å². The second-order valence-electron chi connectivity index (χ2n) is 3.43. The molecule has 0 saturated carbocycles. The number of hydrogen-bond acceptors (Lipinski definition) is 2. The lowest BCUT2D eigenvalue weighted by Gasteiger charge is -2.01. The predicted molar refractivity (Wildman–Crippen MR) is 74.2 cm³/mol. The molecule has 0 unspecified atom stereocenters. The van der Waals surface area contributed by atoms with Gasteiger partial charge in [0.15, 0.2) is 5.78 Å². The Kier molecular flexibility index (Phi) is 4.12. The summed E-state index contributed by atoms with van der Waals surface area (Å²) in [6, 6.07) is 8.08. The fourth-order valence-corrected chi connectivity index (χ4v) is 4.30. The Morgan fingerprint density at radius 2 is 2.00 bits per heavy atom. The van der Waals surface area contributed by atoms with E-state index < -0.39 is 0 Å². The SMILES string of the molecule is O=C(Cc1ccccc1F)c1cc(Br)sc1Br. The first-order valence-electron chi connectivity index (χ1n) is 4.79. The van der Waals surface area contributed by atoms with Crippen LogP contribution >= 0.6 is 43.2 Å². The van der Waals surface area contributed by atoms with E-state index >= 15 is 0 Å². The lowest BCUT2D eigenvalue weighted by molar-refractivity contribution is 0.0991. The highest BCUT2D eigenvalue weighted by Gasteiger charge is 2.15. The molecular weight excluding hydrogens is 371 g/mol. The first-order chi connectivity index (χ1) is 8.08. The Balaban J connectivity index is 2.23. The van der Waals surface area contributed by atoms with Gasteiger partial charge in [-0.15, -0.1) is 11.3 Å². The summed E-state index contributed by atoms with van der Waals surface area (Å²) in [6.07, 6.45) is 0.0778. The Labute approximate surface area is 119 Å². The molecule has 0 atom stereocenters. The largest absolute Gasteiger partial charge is 0.294 e. The number of halogens is 3. The third-order valence-corrected chi connectivity index (χ3v) is 4.61. The van der Waals surface area contributed by atoms with Gasteiger partial charge in [0.05, 0.1) is 7.57 Å². The van der Waals surface area contributed by atoms with Crippen LogP contribution in [0, 0.1) is 5.82 Å². The highest BCUT2D eigenvalue weighted by Crippen LogP contribution is 2.32. The van der Waals surface area contributed by atoms with E-state index in [0.29, 0.717) is 11.1 Å². The van der Waals surface area contributed by atoms with Crippen molar-refractivity contribution in [1.29, 1.82) is 0 Å². The van der Waals surface area contributed by atoms with Gasteiger partial charge in [-0.25, -0.2) is 4.39 Å². The van der Waals surface area contributed by atoms with Crippen LogP contribution in [0.4, 0.5) is 4.39 Å². The number of ketones is 1. The van der Waals surface area contributed by atoms with E-state index in [1.807, 2.05) is 0 Å². The number of carbonyl (C=O) groups excluding carboxylic acids is 1. The van der Waals surface area contributed by atoms with E-state index in [-0.39, 0.29) is 18.0 Å². The zero-order valence-corrected chi connectivity index (χ0v) is 12.5. The van der Waals surface area contributed by atoms with Gasteiger partial charge < -0.3 is 0 Å². The van der Waals surface area contributed by atoms with Crippen LogP contribution in [0.25, 0.3) is 0 Å². The maximum Gasteiger partial charge on any atom is 0.169 e. The van der Waals surface area contributed by atoms with Crippen molar-refractivity contribution in [2.75, 3.05) is 0 Å². The number of thiophene rings is 1. The number of carbonyl (C=O) groups is 1. The fourth-order valence-electron chi connectivity index (χ4n) is 1.44. The summed E-state index contributed by atoms with van der Waals surface area (Å²) in [5.74, 6) is -0.435. The maximum absolute atomic E-state index is 13.4. The van der Waals surface area contributed by atoms with Gasteiger partial charge in [0.25, 0.3) is 0 Å². The summed E-state index contributed by atoms with van der Waals surface area (Å²) < 4.78 is 15.0. The van der Waals surface area contributed by atoms with Crippen molar-refractivity contribution in [3.05, 3.63) is 54.8 Å². The van der Waals surface area contributed by atoms with Crippen LogP contribution in [0.3, 0.4) is 0 Å². The summed E-state index contributed by atoms with van der Waals surface area (Å²) in [5.41, 5.74) is 1.01. The summed E-state index contributed by atoms with van der Waals surface area (Å²) in [4.78, 5) is 12.0. The van der Waals surface area contributed by atoms with Crippen LogP contribution in [-0.2, 0) is 6.42 Å². The quantitative estimate of drug-likeness (QED) is 0.699. The summed E-state index contributed by atoms with van der Waals surface area (Å²) in [6.45, 7) is 0. The third-order valence-electron chi connectivity index (χ3n) is 2.27. The maximum atomic E-state index is 13.4. The molecule has 88 valence electrons. The number of Topliss-reactive ketones (excluding diaryl/α,β-unsaturated/α-hetero) is 1. The van der Waals surface area contributed by atoms with Crippen molar-refractivity contribution in [3.63, 3.8) is 0 Å². The highest BCUT2D eigenvalue weighted by molar-refractivity contribution is 9.12. The summed E-state index contributed by atoms with van der Waals surface area (Å²) >= 11 is 8.07. The van der Waals surface area contributed by atoms with Crippen LogP contribution in [0.2, 0.25) is 0 Å². The van der Waals surface area contributed by atoms with E-state index in [2.05, 4.69) is 31.9 Å². The van der Waals surface area contributed by atoms with Crippen molar-refractivity contribution < 1.29 is 9.18 Å². The minimum atomic E-state index is -0.341. The van der Waals surface area contributed by atoms with E-state index in [1.165, 1.54) is 17.4 Å². The van der Waals surface area contributed by atoms with Crippen molar-refractivity contribution >= 4 is 49.0 Å². The lowest BCUT2D eigenvalue weighted by Crippen LogP contribution is -2.04. The molecule has 0 bridgehead atoms. The smallest absolute Gasteiger partial charge is 0.169 e. The molecule has 17 heavy (non-hydrogen) atoms. The molecular formula is C12H7Br2FOS. The van der Waals surface area contributed by atoms with Gasteiger partial charge in [-0.3, -0.25) is 4.79 Å². The van der Waals surface area contributed by atoms with Crippen LogP contribution in [0.15, 0.2) is 37.9 Å². The van der Waals surface area contributed by atoms with E-state index in [4.69, 9.17) is 0 Å². The second-order valence-corrected chi connectivity index (χ2v) is 7.18. The molecule has 0 aliphatic carbocycles. The molecule has 0 spiro atoms. The Hall–Kier alpha value is -0.520. The van der Waals surface area contributed by atoms with Crippen molar-refractivity contribution in [1.82, 2.24) is 0 Å². The normalized spacial score (nSPS) is 10.5. The molecule has 0 radical (unpaired) electrons. The van der Waals surface area contributed by atoms with Crippen molar-refractivity contribution in [2.45, 2.75) is 6.42 Å². The fraction of sp³-hybridized carbons (Fsp3) is 0.0833. The molecule has 0 aliphatic rings. The number of benzene rings is 1. The molecule has 0 aliphatic heterocycles. The van der Waals surface area contributed by atoms with E-state index in [9.17, 15) is 9.18 Å². The van der Waals surface area contributed by atoms with Gasteiger partial charge in [-0.05, 0) is 49.6 Å². The highest BCUT2D eigenvalue weighted by atomic mass is 79.9. The Morgan fingerprint density at radius 3 is 2.59 bits per heavy atom. The van der Waals surface area contributed by atoms with Crippen molar-refractivity contribution in [3.8, 4) is 0 Å². The van der Waals surface area contributed by atoms with Gasteiger partial charge in [0.2, 0.25) is 0 Å². The molecule has 5 heteroatoms. The first-order valence-corrected chi connectivity index (χ1v) is 7.19. The van der Waals surface area contributed by atoms with Gasteiger partial charge >= 0.3 is 0 Å². The first kappa shape index (κ1) is 12.9. The van der Waals surface area contributed by atoms with E-state index in [0.717, 1.165) is 7.57 Å². The molecule has 1 heterocycles. The third kappa shape index (κ3) is 3.03. The second kappa shape index (κ2) is 5.42. The summed E-state index contributed by atoms with van der Waals surface area (Å²) in [5, 5.41) is 0. The Morgan fingerprint density at radius 1 is 1.29 bits per heavy atom. The van der Waals surface area contributed by atoms with Crippen LogP contribution in [0.5, 0.6) is 0 Å². The Bertz CT molecular complexity index is 565. The standard InChI is InChI=1S/C12H7Br2FOS/c13-11-6-8(12(14)17-11)10(16)5-7-3-1-2-4-9(7)15/h1-4,6H,5H2. The molecule has 0 fully saturated rings. The molecule has 0 N–H and O–H groups in total. The zero-order valence-electron chi connectivity index (χ0n) is 8.54. The average molecular weight is 378 g/mol. The number of hydrogen-bond donors (Lipinski definition) is 0. The van der Waals surface area contributed by atoms with Gasteiger partial charge in [0.1, 0.15) is 5.82 Å². The van der Waals surface area contributed by atoms with Crippen molar-refractivity contribution in [2.24, 2.45) is 0 Å². The zero-order chi connectivity index (χ0) is 12.4.